The Hall–Kier alpha value is -1.20. The first-order chi connectivity index (χ1) is 9.58. The summed E-state index contributed by atoms with van der Waals surface area (Å²) in [7, 11) is 0. The van der Waals surface area contributed by atoms with E-state index in [1.165, 1.54) is 0 Å². The predicted molar refractivity (Wildman–Crippen MR) is 79.2 cm³/mol. The van der Waals surface area contributed by atoms with Gasteiger partial charge in [0.05, 0.1) is 17.4 Å². The minimum Gasteiger partial charge on any atom is -0.378 e. The van der Waals surface area contributed by atoms with Gasteiger partial charge < -0.3 is 9.64 Å². The highest BCUT2D eigenvalue weighted by Crippen LogP contribution is 2.35. The van der Waals surface area contributed by atoms with Crippen LogP contribution in [0, 0.1) is 6.92 Å². The molecule has 1 aromatic carbocycles. The first-order valence-electron chi connectivity index (χ1n) is 6.86. The molecule has 1 atom stereocenters. The Balaban J connectivity index is 1.85. The Morgan fingerprint density at radius 3 is 2.90 bits per heavy atom. The summed E-state index contributed by atoms with van der Waals surface area (Å²) in [5.41, 5.74) is 2.22. The zero-order chi connectivity index (χ0) is 14.3. The van der Waals surface area contributed by atoms with E-state index in [9.17, 15) is 9.59 Å². The number of fused-ring (bicyclic) bond motifs is 1. The number of ketones is 1. The van der Waals surface area contributed by atoms with Gasteiger partial charge in [-0.2, -0.15) is 0 Å². The van der Waals surface area contributed by atoms with Crippen LogP contribution in [-0.4, -0.2) is 30.9 Å². The molecule has 5 heteroatoms. The standard InChI is InChI=1S/C15H16BrNO3/c1-9-7-10(16)8-12-13(9)17(15(19)14(12)18)5-4-11-3-2-6-20-11/h7-8,11H,2-6H2,1H3. The van der Waals surface area contributed by atoms with Crippen LogP contribution < -0.4 is 4.90 Å². The largest absolute Gasteiger partial charge is 0.378 e. The van der Waals surface area contributed by atoms with Crippen molar-refractivity contribution in [3.05, 3.63) is 27.7 Å². The lowest BCUT2D eigenvalue weighted by Gasteiger charge is -2.20. The first-order valence-corrected chi connectivity index (χ1v) is 7.65. The quantitative estimate of drug-likeness (QED) is 0.797. The maximum absolute atomic E-state index is 12.2. The van der Waals surface area contributed by atoms with Crippen molar-refractivity contribution in [3.63, 3.8) is 0 Å². The van der Waals surface area contributed by atoms with Gasteiger partial charge in [-0.25, -0.2) is 0 Å². The summed E-state index contributed by atoms with van der Waals surface area (Å²) in [5.74, 6) is -0.823. The van der Waals surface area contributed by atoms with E-state index in [2.05, 4.69) is 15.9 Å². The molecule has 2 heterocycles. The molecule has 20 heavy (non-hydrogen) atoms. The summed E-state index contributed by atoms with van der Waals surface area (Å²) >= 11 is 3.37. The molecule has 0 bridgehead atoms. The monoisotopic (exact) mass is 337 g/mol. The van der Waals surface area contributed by atoms with Gasteiger partial charge in [0.1, 0.15) is 0 Å². The maximum Gasteiger partial charge on any atom is 0.299 e. The normalized spacial score (nSPS) is 21.7. The molecule has 0 aromatic heterocycles. The predicted octanol–water partition coefficient (Wildman–Crippen LogP) is 2.86. The van der Waals surface area contributed by atoms with Crippen LogP contribution >= 0.6 is 15.9 Å². The zero-order valence-corrected chi connectivity index (χ0v) is 12.9. The maximum atomic E-state index is 12.2. The molecule has 0 N–H and O–H groups in total. The minimum absolute atomic E-state index is 0.220. The molecule has 0 spiro atoms. The SMILES string of the molecule is Cc1cc(Br)cc2c1N(CCC1CCCO1)C(=O)C2=O. The third-order valence-corrected chi connectivity index (χ3v) is 4.38. The highest BCUT2D eigenvalue weighted by atomic mass is 79.9. The fourth-order valence-corrected chi connectivity index (χ4v) is 3.54. The summed E-state index contributed by atoms with van der Waals surface area (Å²) in [6.45, 7) is 3.28. The van der Waals surface area contributed by atoms with Gasteiger partial charge in [0.15, 0.2) is 0 Å². The smallest absolute Gasteiger partial charge is 0.299 e. The van der Waals surface area contributed by atoms with Crippen LogP contribution in [0.25, 0.3) is 0 Å². The van der Waals surface area contributed by atoms with Crippen LogP contribution in [0.5, 0.6) is 0 Å². The molecule has 4 nitrogen and oxygen atoms in total. The summed E-state index contributed by atoms with van der Waals surface area (Å²) in [4.78, 5) is 25.8. The summed E-state index contributed by atoms with van der Waals surface area (Å²) in [5, 5.41) is 0. The number of carbonyl (C=O) groups excluding carboxylic acids is 2. The fourth-order valence-electron chi connectivity index (χ4n) is 2.96. The number of aryl methyl sites for hydroxylation is 1. The van der Waals surface area contributed by atoms with E-state index < -0.39 is 11.7 Å². The molecule has 0 aliphatic carbocycles. The van der Waals surface area contributed by atoms with Crippen molar-refractivity contribution < 1.29 is 14.3 Å². The Morgan fingerprint density at radius 1 is 1.40 bits per heavy atom. The molecule has 106 valence electrons. The zero-order valence-electron chi connectivity index (χ0n) is 11.3. The Kier molecular flexibility index (Phi) is 3.65. The number of Topliss-reactive ketones (excluding diaryl/α,β-unsaturated/α-hetero) is 1. The van der Waals surface area contributed by atoms with Gasteiger partial charge in [-0.15, -0.1) is 0 Å². The molecule has 1 amide bonds. The van der Waals surface area contributed by atoms with E-state index in [1.807, 2.05) is 13.0 Å². The Morgan fingerprint density at radius 2 is 2.20 bits per heavy atom. The van der Waals surface area contributed by atoms with E-state index in [0.29, 0.717) is 12.1 Å². The molecule has 0 saturated carbocycles. The van der Waals surface area contributed by atoms with Crippen molar-refractivity contribution in [1.82, 2.24) is 0 Å². The van der Waals surface area contributed by atoms with E-state index in [1.54, 1.807) is 11.0 Å². The topological polar surface area (TPSA) is 46.6 Å². The van der Waals surface area contributed by atoms with Gasteiger partial charge in [0, 0.05) is 17.6 Å². The molecule has 2 aliphatic heterocycles. The van der Waals surface area contributed by atoms with Crippen LogP contribution in [0.3, 0.4) is 0 Å². The van der Waals surface area contributed by atoms with Crippen molar-refractivity contribution in [1.29, 1.82) is 0 Å². The van der Waals surface area contributed by atoms with Crippen LogP contribution in [0.1, 0.15) is 35.2 Å². The number of ether oxygens (including phenoxy) is 1. The molecular weight excluding hydrogens is 322 g/mol. The number of nitrogens with zero attached hydrogens (tertiary/aromatic N) is 1. The molecule has 3 rings (SSSR count). The molecule has 1 saturated heterocycles. The average molecular weight is 338 g/mol. The number of anilines is 1. The van der Waals surface area contributed by atoms with Crippen molar-refractivity contribution in [2.45, 2.75) is 32.3 Å². The lowest BCUT2D eigenvalue weighted by molar-refractivity contribution is -0.114. The third-order valence-electron chi connectivity index (χ3n) is 3.92. The molecular formula is C15H16BrNO3. The average Bonchev–Trinajstić information content (AvgIpc) is 2.98. The van der Waals surface area contributed by atoms with Crippen LogP contribution in [0.4, 0.5) is 5.69 Å². The number of amides is 1. The molecule has 1 aromatic rings. The number of hydrogen-bond donors (Lipinski definition) is 0. The number of hydrogen-bond acceptors (Lipinski definition) is 3. The van der Waals surface area contributed by atoms with Crippen molar-refractivity contribution in [2.24, 2.45) is 0 Å². The summed E-state index contributed by atoms with van der Waals surface area (Å²) in [6, 6.07) is 3.67. The molecule has 1 unspecified atom stereocenters. The second kappa shape index (κ2) is 5.30. The second-order valence-electron chi connectivity index (χ2n) is 5.33. The lowest BCUT2D eigenvalue weighted by Crippen LogP contribution is -2.32. The number of benzene rings is 1. The van der Waals surface area contributed by atoms with Crippen molar-refractivity contribution >= 4 is 33.3 Å². The van der Waals surface area contributed by atoms with Crippen LogP contribution in [0.2, 0.25) is 0 Å². The fraction of sp³-hybridized carbons (Fsp3) is 0.467. The molecule has 1 fully saturated rings. The summed E-state index contributed by atoms with van der Waals surface area (Å²) < 4.78 is 6.41. The lowest BCUT2D eigenvalue weighted by atomic mass is 10.1. The highest BCUT2D eigenvalue weighted by Gasteiger charge is 2.37. The van der Waals surface area contributed by atoms with Crippen LogP contribution in [-0.2, 0) is 9.53 Å². The minimum atomic E-state index is -0.417. The molecule has 2 aliphatic rings. The third kappa shape index (κ3) is 2.29. The van der Waals surface area contributed by atoms with Gasteiger partial charge in [0.25, 0.3) is 11.7 Å². The number of rotatable bonds is 3. The first kappa shape index (κ1) is 13.8. The van der Waals surface area contributed by atoms with Gasteiger partial charge in [-0.1, -0.05) is 15.9 Å². The van der Waals surface area contributed by atoms with Crippen LogP contribution in [0.15, 0.2) is 16.6 Å². The van der Waals surface area contributed by atoms with Gasteiger partial charge in [-0.05, 0) is 43.9 Å². The van der Waals surface area contributed by atoms with E-state index >= 15 is 0 Å². The molecule has 0 radical (unpaired) electrons. The van der Waals surface area contributed by atoms with Gasteiger partial charge in [0.2, 0.25) is 0 Å². The van der Waals surface area contributed by atoms with E-state index in [-0.39, 0.29) is 6.10 Å². The summed E-state index contributed by atoms with van der Waals surface area (Å²) in [6.07, 6.45) is 3.13. The van der Waals surface area contributed by atoms with Gasteiger partial charge >= 0.3 is 0 Å². The number of carbonyl (C=O) groups is 2. The van der Waals surface area contributed by atoms with Crippen molar-refractivity contribution in [2.75, 3.05) is 18.1 Å². The number of halogens is 1. The van der Waals surface area contributed by atoms with E-state index in [0.717, 1.165) is 41.6 Å². The second-order valence-corrected chi connectivity index (χ2v) is 6.24. The van der Waals surface area contributed by atoms with Gasteiger partial charge in [-0.3, -0.25) is 9.59 Å². The van der Waals surface area contributed by atoms with E-state index in [4.69, 9.17) is 4.74 Å². The van der Waals surface area contributed by atoms with Crippen molar-refractivity contribution in [3.8, 4) is 0 Å². The highest BCUT2D eigenvalue weighted by molar-refractivity contribution is 9.10. The Bertz CT molecular complexity index is 579. The Labute approximate surface area is 126 Å².